The van der Waals surface area contributed by atoms with Gasteiger partial charge in [0.15, 0.2) is 5.75 Å². The highest BCUT2D eigenvalue weighted by Crippen LogP contribution is 2.38. The van der Waals surface area contributed by atoms with Gasteiger partial charge in [0, 0.05) is 6.07 Å². The molecule has 0 aliphatic heterocycles. The average Bonchev–Trinajstić information content (AvgIpc) is 2.53. The normalized spacial score (nSPS) is 11.0. The summed E-state index contributed by atoms with van der Waals surface area (Å²) in [5.41, 5.74) is -1.01. The Morgan fingerprint density at radius 3 is 2.04 bits per heavy atom. The third-order valence-electron chi connectivity index (χ3n) is 3.27. The molecule has 0 aromatic heterocycles. The molecular weight excluding hydrogens is 354 g/mol. The molecular formula is C14H13N3O7S. The van der Waals surface area contributed by atoms with Crippen LogP contribution in [0.2, 0.25) is 0 Å². The van der Waals surface area contributed by atoms with Crippen LogP contribution in [0, 0.1) is 27.2 Å². The minimum absolute atomic E-state index is 0.107. The molecule has 0 saturated heterocycles. The number of methoxy groups -OCH3 is 1. The number of aryl methyl sites for hydroxylation is 1. The monoisotopic (exact) mass is 367 g/mol. The largest absolute Gasteiger partial charge is 0.490 e. The first-order chi connectivity index (χ1) is 11.7. The second-order valence-corrected chi connectivity index (χ2v) is 6.66. The Hall–Kier alpha value is -3.21. The van der Waals surface area contributed by atoms with Crippen molar-refractivity contribution in [2.24, 2.45) is 0 Å². The van der Waals surface area contributed by atoms with Gasteiger partial charge in [-0.1, -0.05) is 17.7 Å². The maximum Gasteiger partial charge on any atom is 0.317 e. The van der Waals surface area contributed by atoms with E-state index in [0.29, 0.717) is 6.07 Å². The van der Waals surface area contributed by atoms with Gasteiger partial charge in [-0.05, 0) is 19.1 Å². The molecule has 11 heteroatoms. The fraction of sp³-hybridized carbons (Fsp3) is 0.143. The highest BCUT2D eigenvalue weighted by atomic mass is 32.2. The van der Waals surface area contributed by atoms with E-state index in [1.54, 1.807) is 19.1 Å². The second kappa shape index (κ2) is 6.73. The zero-order chi connectivity index (χ0) is 18.8. The second-order valence-electron chi connectivity index (χ2n) is 4.97. The van der Waals surface area contributed by atoms with E-state index in [9.17, 15) is 28.6 Å². The van der Waals surface area contributed by atoms with Gasteiger partial charge in [-0.3, -0.25) is 25.0 Å². The maximum atomic E-state index is 12.4. The van der Waals surface area contributed by atoms with Crippen LogP contribution in [0.1, 0.15) is 5.56 Å². The third-order valence-corrected chi connectivity index (χ3v) is 4.65. The number of rotatable bonds is 6. The Labute approximate surface area is 142 Å². The number of nitrogens with zero attached hydrogens (tertiary/aromatic N) is 2. The van der Waals surface area contributed by atoms with Crippen LogP contribution in [0.4, 0.5) is 17.1 Å². The van der Waals surface area contributed by atoms with Crippen molar-refractivity contribution >= 4 is 27.1 Å². The lowest BCUT2D eigenvalue weighted by Gasteiger charge is -2.10. The first kappa shape index (κ1) is 18.1. The molecule has 0 atom stereocenters. The van der Waals surface area contributed by atoms with E-state index in [1.165, 1.54) is 12.1 Å². The summed E-state index contributed by atoms with van der Waals surface area (Å²) in [5.74, 6) is -0.308. The molecule has 0 aliphatic rings. The summed E-state index contributed by atoms with van der Waals surface area (Å²) in [7, 11) is -2.99. The van der Waals surface area contributed by atoms with Crippen molar-refractivity contribution in [3.05, 3.63) is 62.2 Å². The van der Waals surface area contributed by atoms with E-state index < -0.39 is 36.9 Å². The Balaban J connectivity index is 2.56. The minimum atomic E-state index is -4.12. The lowest BCUT2D eigenvalue weighted by atomic mass is 10.2. The molecule has 2 aromatic rings. The van der Waals surface area contributed by atoms with E-state index in [0.717, 1.165) is 18.7 Å². The molecule has 0 bridgehead atoms. The molecule has 132 valence electrons. The SMILES string of the molecule is COc1cc(NS(=O)(=O)c2ccc(C)cc2)c([N+](=O)[O-])cc1[N+](=O)[O-]. The Bertz CT molecular complexity index is 940. The van der Waals surface area contributed by atoms with Crippen LogP contribution < -0.4 is 9.46 Å². The predicted molar refractivity (Wildman–Crippen MR) is 88.3 cm³/mol. The number of anilines is 1. The van der Waals surface area contributed by atoms with Gasteiger partial charge in [0.1, 0.15) is 5.69 Å². The molecule has 25 heavy (non-hydrogen) atoms. The van der Waals surface area contributed by atoms with Crippen LogP contribution in [0.15, 0.2) is 41.3 Å². The Morgan fingerprint density at radius 1 is 1.00 bits per heavy atom. The molecule has 0 amide bonds. The molecule has 0 radical (unpaired) electrons. The van der Waals surface area contributed by atoms with Crippen molar-refractivity contribution in [3.63, 3.8) is 0 Å². The zero-order valence-electron chi connectivity index (χ0n) is 13.1. The first-order valence-electron chi connectivity index (χ1n) is 6.76. The van der Waals surface area contributed by atoms with Crippen LogP contribution in [-0.2, 0) is 10.0 Å². The summed E-state index contributed by atoms with van der Waals surface area (Å²) >= 11 is 0. The fourth-order valence-electron chi connectivity index (χ4n) is 2.02. The summed E-state index contributed by atoms with van der Waals surface area (Å²) in [6.07, 6.45) is 0. The summed E-state index contributed by atoms with van der Waals surface area (Å²) in [5, 5.41) is 22.1. The number of nitro groups is 2. The standard InChI is InChI=1S/C14H13N3O7S/c1-9-3-5-10(6-4-9)25(22,23)15-11-7-14(24-2)13(17(20)21)8-12(11)16(18)19/h3-8,15H,1-2H3. The van der Waals surface area contributed by atoms with E-state index in [4.69, 9.17) is 4.74 Å². The van der Waals surface area contributed by atoms with E-state index in [1.807, 2.05) is 0 Å². The van der Waals surface area contributed by atoms with Crippen molar-refractivity contribution in [3.8, 4) is 5.75 Å². The molecule has 0 heterocycles. The molecule has 0 saturated carbocycles. The van der Waals surface area contributed by atoms with Crippen LogP contribution in [0.25, 0.3) is 0 Å². The molecule has 0 unspecified atom stereocenters. The smallest absolute Gasteiger partial charge is 0.317 e. The molecule has 2 aromatic carbocycles. The highest BCUT2D eigenvalue weighted by Gasteiger charge is 2.28. The summed E-state index contributed by atoms with van der Waals surface area (Å²) in [6, 6.07) is 7.37. The zero-order valence-corrected chi connectivity index (χ0v) is 13.9. The van der Waals surface area contributed by atoms with Crippen LogP contribution in [0.3, 0.4) is 0 Å². The quantitative estimate of drug-likeness (QED) is 0.611. The lowest BCUT2D eigenvalue weighted by Crippen LogP contribution is -2.14. The maximum absolute atomic E-state index is 12.4. The summed E-state index contributed by atoms with van der Waals surface area (Å²) < 4.78 is 31.7. The molecule has 10 nitrogen and oxygen atoms in total. The number of nitro benzene ring substituents is 2. The number of ether oxygens (including phenoxy) is 1. The average molecular weight is 367 g/mol. The first-order valence-corrected chi connectivity index (χ1v) is 8.24. The predicted octanol–water partition coefficient (Wildman–Crippen LogP) is 2.62. The van der Waals surface area contributed by atoms with Crippen molar-refractivity contribution < 1.29 is 23.0 Å². The molecule has 0 aliphatic carbocycles. The lowest BCUT2D eigenvalue weighted by molar-refractivity contribution is -0.394. The van der Waals surface area contributed by atoms with Crippen LogP contribution >= 0.6 is 0 Å². The van der Waals surface area contributed by atoms with Gasteiger partial charge in [0.25, 0.3) is 15.7 Å². The van der Waals surface area contributed by atoms with Gasteiger partial charge in [-0.25, -0.2) is 8.42 Å². The number of sulfonamides is 1. The topological polar surface area (TPSA) is 142 Å². The van der Waals surface area contributed by atoms with Crippen molar-refractivity contribution in [1.82, 2.24) is 0 Å². The van der Waals surface area contributed by atoms with Crippen molar-refractivity contribution in [2.45, 2.75) is 11.8 Å². The number of hydrogen-bond acceptors (Lipinski definition) is 7. The number of benzene rings is 2. The summed E-state index contributed by atoms with van der Waals surface area (Å²) in [6.45, 7) is 1.77. The molecule has 1 N–H and O–H groups in total. The number of hydrogen-bond donors (Lipinski definition) is 1. The van der Waals surface area contributed by atoms with Gasteiger partial charge < -0.3 is 4.74 Å². The van der Waals surface area contributed by atoms with Crippen LogP contribution in [-0.4, -0.2) is 25.4 Å². The van der Waals surface area contributed by atoms with E-state index in [2.05, 4.69) is 4.72 Å². The summed E-state index contributed by atoms with van der Waals surface area (Å²) in [4.78, 5) is 20.3. The fourth-order valence-corrected chi connectivity index (χ4v) is 3.08. The van der Waals surface area contributed by atoms with Crippen molar-refractivity contribution in [1.29, 1.82) is 0 Å². The molecule has 0 spiro atoms. The van der Waals surface area contributed by atoms with Gasteiger partial charge in [-0.15, -0.1) is 0 Å². The van der Waals surface area contributed by atoms with E-state index in [-0.39, 0.29) is 10.6 Å². The Morgan fingerprint density at radius 2 is 1.56 bits per heavy atom. The van der Waals surface area contributed by atoms with Gasteiger partial charge in [-0.2, -0.15) is 0 Å². The molecule has 0 fully saturated rings. The van der Waals surface area contributed by atoms with Crippen molar-refractivity contribution in [2.75, 3.05) is 11.8 Å². The van der Waals surface area contributed by atoms with Gasteiger partial charge >= 0.3 is 5.69 Å². The third kappa shape index (κ3) is 3.83. The highest BCUT2D eigenvalue weighted by molar-refractivity contribution is 7.92. The number of nitrogens with one attached hydrogen (secondary N) is 1. The Kier molecular flexibility index (Phi) is 4.88. The molecule has 2 rings (SSSR count). The van der Waals surface area contributed by atoms with Gasteiger partial charge in [0.05, 0.1) is 27.9 Å². The van der Waals surface area contributed by atoms with E-state index >= 15 is 0 Å². The van der Waals surface area contributed by atoms with Crippen LogP contribution in [0.5, 0.6) is 5.75 Å². The van der Waals surface area contributed by atoms with Gasteiger partial charge in [0.2, 0.25) is 0 Å². The minimum Gasteiger partial charge on any atom is -0.490 e.